The first-order valence-corrected chi connectivity index (χ1v) is 12.3. The number of carboxylic acid groups (broad SMARTS) is 1. The van der Waals surface area contributed by atoms with E-state index in [9.17, 15) is 22.8 Å². The van der Waals surface area contributed by atoms with Crippen molar-refractivity contribution in [2.75, 3.05) is 20.1 Å². The van der Waals surface area contributed by atoms with Gasteiger partial charge in [0.2, 0.25) is 11.8 Å². The Morgan fingerprint density at radius 1 is 0.974 bits per heavy atom. The Labute approximate surface area is 221 Å². The van der Waals surface area contributed by atoms with Crippen molar-refractivity contribution >= 4 is 17.8 Å². The summed E-state index contributed by atoms with van der Waals surface area (Å²) in [7, 11) is 1.66. The number of rotatable bonds is 12. The van der Waals surface area contributed by atoms with E-state index in [-0.39, 0.29) is 11.8 Å². The highest BCUT2D eigenvalue weighted by molar-refractivity contribution is 5.89. The second kappa shape index (κ2) is 16.4. The molecule has 2 aromatic rings. The van der Waals surface area contributed by atoms with Crippen LogP contribution in [0.3, 0.4) is 0 Å². The number of amides is 2. The number of alkyl halides is 3. The van der Waals surface area contributed by atoms with E-state index in [4.69, 9.17) is 21.4 Å². The maximum absolute atomic E-state index is 12.9. The van der Waals surface area contributed by atoms with Gasteiger partial charge in [-0.1, -0.05) is 60.2 Å². The largest absolute Gasteiger partial charge is 0.490 e. The fraction of sp³-hybridized carbons (Fsp3) is 0.444. The number of hydrogen-bond acceptors (Lipinski definition) is 5. The minimum absolute atomic E-state index is 0.160. The van der Waals surface area contributed by atoms with Crippen molar-refractivity contribution in [3.05, 3.63) is 71.3 Å². The number of aliphatic carboxylic acids is 1. The van der Waals surface area contributed by atoms with Crippen LogP contribution in [0.5, 0.6) is 0 Å². The van der Waals surface area contributed by atoms with Gasteiger partial charge in [-0.25, -0.2) is 4.79 Å². The lowest BCUT2D eigenvalue weighted by molar-refractivity contribution is -0.192. The van der Waals surface area contributed by atoms with Crippen LogP contribution >= 0.6 is 0 Å². The van der Waals surface area contributed by atoms with E-state index >= 15 is 0 Å². The number of carbonyl (C=O) groups excluding carboxylic acids is 2. The Balaban J connectivity index is 0.000000905. The Bertz CT molecular complexity index is 1000. The van der Waals surface area contributed by atoms with Crippen molar-refractivity contribution in [2.45, 2.75) is 57.3 Å². The molecule has 0 saturated carbocycles. The van der Waals surface area contributed by atoms with Crippen molar-refractivity contribution in [1.29, 1.82) is 0 Å². The Morgan fingerprint density at radius 3 is 2.05 bits per heavy atom. The van der Waals surface area contributed by atoms with Gasteiger partial charge in [0.1, 0.15) is 6.04 Å². The molecule has 2 rings (SSSR count). The molecule has 2 amide bonds. The molecule has 38 heavy (non-hydrogen) atoms. The molecule has 0 spiro atoms. The summed E-state index contributed by atoms with van der Waals surface area (Å²) in [5.41, 5.74) is 15.3. The molecule has 0 bridgehead atoms. The highest BCUT2D eigenvalue weighted by Crippen LogP contribution is 2.13. The standard InChI is InChI=1S/C25H36N4O2.C2HF3O2/c1-19-10-12-21(13-11-19)16-18-28-24(30)23(9-6-17-26)29(2)25(31)22(27)15-14-20-7-4-3-5-8-20;3-2(4,5)1(6)7/h3-5,7-8,10-13,22-23H,6,9,14-18,26-27H2,1-2H3,(H,28,30);(H,6,7)/t22-,23-;/m0./s1. The monoisotopic (exact) mass is 538 g/mol. The molecule has 0 fully saturated rings. The van der Waals surface area contributed by atoms with Gasteiger partial charge in [-0.05, 0) is 56.7 Å². The van der Waals surface area contributed by atoms with Gasteiger partial charge in [-0.2, -0.15) is 13.2 Å². The Morgan fingerprint density at radius 2 is 1.53 bits per heavy atom. The number of benzene rings is 2. The summed E-state index contributed by atoms with van der Waals surface area (Å²) in [5, 5.41) is 10.1. The minimum Gasteiger partial charge on any atom is -0.475 e. The second-order valence-corrected chi connectivity index (χ2v) is 8.86. The number of aryl methyl sites for hydroxylation is 2. The summed E-state index contributed by atoms with van der Waals surface area (Å²) < 4.78 is 31.7. The SMILES string of the molecule is Cc1ccc(CCNC(=O)[C@H](CCCN)N(C)C(=O)[C@@H](N)CCc2ccccc2)cc1.O=C(O)C(F)(F)F. The molecule has 0 aliphatic carbocycles. The molecule has 11 heteroatoms. The molecule has 6 N–H and O–H groups in total. The number of nitrogens with two attached hydrogens (primary N) is 2. The lowest BCUT2D eigenvalue weighted by Gasteiger charge is -2.29. The summed E-state index contributed by atoms with van der Waals surface area (Å²) in [6.45, 7) is 3.03. The van der Waals surface area contributed by atoms with Gasteiger partial charge in [0, 0.05) is 13.6 Å². The zero-order valence-corrected chi connectivity index (χ0v) is 21.7. The van der Waals surface area contributed by atoms with E-state index in [0.717, 1.165) is 24.0 Å². The lowest BCUT2D eigenvalue weighted by Crippen LogP contribution is -2.52. The molecule has 0 radical (unpaired) electrons. The zero-order valence-electron chi connectivity index (χ0n) is 21.7. The molecule has 0 aliphatic heterocycles. The van der Waals surface area contributed by atoms with E-state index in [1.807, 2.05) is 37.3 Å². The van der Waals surface area contributed by atoms with Crippen molar-refractivity contribution in [1.82, 2.24) is 10.2 Å². The lowest BCUT2D eigenvalue weighted by atomic mass is 10.0. The number of nitrogens with zero attached hydrogens (tertiary/aromatic N) is 1. The average Bonchev–Trinajstić information content (AvgIpc) is 2.88. The van der Waals surface area contributed by atoms with Gasteiger partial charge < -0.3 is 26.8 Å². The fourth-order valence-corrected chi connectivity index (χ4v) is 3.52. The third-order valence-corrected chi connectivity index (χ3v) is 5.78. The quantitative estimate of drug-likeness (QED) is 0.328. The van der Waals surface area contributed by atoms with Crippen LogP contribution < -0.4 is 16.8 Å². The predicted molar refractivity (Wildman–Crippen MR) is 139 cm³/mol. The summed E-state index contributed by atoms with van der Waals surface area (Å²) in [6, 6.07) is 17.0. The zero-order chi connectivity index (χ0) is 28.7. The van der Waals surface area contributed by atoms with Gasteiger partial charge in [0.15, 0.2) is 0 Å². The first-order chi connectivity index (χ1) is 17.9. The summed E-state index contributed by atoms with van der Waals surface area (Å²) in [6.07, 6.45) is -1.92. The maximum Gasteiger partial charge on any atom is 0.490 e. The molecule has 0 heterocycles. The van der Waals surface area contributed by atoms with Crippen LogP contribution in [0.25, 0.3) is 0 Å². The van der Waals surface area contributed by atoms with E-state index in [2.05, 4.69) is 29.6 Å². The molecular weight excluding hydrogens is 501 g/mol. The molecule has 0 saturated heterocycles. The summed E-state index contributed by atoms with van der Waals surface area (Å²) >= 11 is 0. The number of halogens is 3. The van der Waals surface area contributed by atoms with Crippen LogP contribution in [0, 0.1) is 6.92 Å². The van der Waals surface area contributed by atoms with E-state index in [1.54, 1.807) is 7.05 Å². The maximum atomic E-state index is 12.9. The van der Waals surface area contributed by atoms with E-state index < -0.39 is 24.2 Å². The molecule has 0 aromatic heterocycles. The molecule has 0 unspecified atom stereocenters. The number of nitrogens with one attached hydrogen (secondary N) is 1. The van der Waals surface area contributed by atoms with Crippen molar-refractivity contribution in [3.8, 4) is 0 Å². The topological polar surface area (TPSA) is 139 Å². The molecular formula is C27H37F3N4O4. The summed E-state index contributed by atoms with van der Waals surface area (Å²) in [5.74, 6) is -3.13. The van der Waals surface area contributed by atoms with E-state index in [0.29, 0.717) is 32.4 Å². The third kappa shape index (κ3) is 12.2. The van der Waals surface area contributed by atoms with Gasteiger partial charge >= 0.3 is 12.1 Å². The number of carboxylic acids is 1. The van der Waals surface area contributed by atoms with Gasteiger partial charge in [0.05, 0.1) is 6.04 Å². The van der Waals surface area contributed by atoms with Crippen LogP contribution in [-0.2, 0) is 27.2 Å². The fourth-order valence-electron chi connectivity index (χ4n) is 3.52. The van der Waals surface area contributed by atoms with Crippen molar-refractivity contribution in [3.63, 3.8) is 0 Å². The van der Waals surface area contributed by atoms with Gasteiger partial charge in [0.25, 0.3) is 0 Å². The number of hydrogen-bond donors (Lipinski definition) is 4. The number of carbonyl (C=O) groups is 3. The molecule has 2 atom stereocenters. The second-order valence-electron chi connectivity index (χ2n) is 8.86. The van der Waals surface area contributed by atoms with Crippen LogP contribution in [0.4, 0.5) is 13.2 Å². The molecule has 0 aliphatic rings. The Hall–Kier alpha value is -3.44. The van der Waals surface area contributed by atoms with E-state index in [1.165, 1.54) is 10.5 Å². The van der Waals surface area contributed by atoms with Gasteiger partial charge in [-0.3, -0.25) is 9.59 Å². The van der Waals surface area contributed by atoms with Crippen LogP contribution in [-0.4, -0.2) is 66.2 Å². The predicted octanol–water partition coefficient (Wildman–Crippen LogP) is 2.81. The smallest absolute Gasteiger partial charge is 0.475 e. The average molecular weight is 539 g/mol. The molecule has 8 nitrogen and oxygen atoms in total. The van der Waals surface area contributed by atoms with Crippen molar-refractivity contribution < 1.29 is 32.7 Å². The first-order valence-electron chi connectivity index (χ1n) is 12.3. The van der Waals surface area contributed by atoms with Crippen LogP contribution in [0.15, 0.2) is 54.6 Å². The molecule has 210 valence electrons. The Kier molecular flexibility index (Phi) is 14.1. The highest BCUT2D eigenvalue weighted by atomic mass is 19.4. The first kappa shape index (κ1) is 32.6. The van der Waals surface area contributed by atoms with Gasteiger partial charge in [-0.15, -0.1) is 0 Å². The minimum atomic E-state index is -5.08. The third-order valence-electron chi connectivity index (χ3n) is 5.78. The normalized spacial score (nSPS) is 12.5. The number of likely N-dealkylation sites (N-methyl/N-ethyl adjacent to an activating group) is 1. The van der Waals surface area contributed by atoms with Crippen molar-refractivity contribution in [2.24, 2.45) is 11.5 Å². The summed E-state index contributed by atoms with van der Waals surface area (Å²) in [4.78, 5) is 36.1. The highest BCUT2D eigenvalue weighted by Gasteiger charge is 2.38. The van der Waals surface area contributed by atoms with Crippen LogP contribution in [0.2, 0.25) is 0 Å². The van der Waals surface area contributed by atoms with Crippen LogP contribution in [0.1, 0.15) is 36.0 Å². The molecule has 2 aromatic carbocycles.